The van der Waals surface area contributed by atoms with Gasteiger partial charge in [-0.2, -0.15) is 0 Å². The molecule has 0 saturated carbocycles. The molecule has 0 spiro atoms. The van der Waals surface area contributed by atoms with Crippen molar-refractivity contribution in [3.05, 3.63) is 74.8 Å². The number of amides is 2. The number of methoxy groups -OCH3 is 1. The van der Waals surface area contributed by atoms with E-state index >= 15 is 0 Å². The van der Waals surface area contributed by atoms with Gasteiger partial charge in [-0.3, -0.25) is 24.5 Å². The summed E-state index contributed by atoms with van der Waals surface area (Å²) in [7, 11) is 1.19. The summed E-state index contributed by atoms with van der Waals surface area (Å²) in [4.78, 5) is 58.1. The van der Waals surface area contributed by atoms with Crippen LogP contribution in [0.2, 0.25) is 5.02 Å². The van der Waals surface area contributed by atoms with Crippen LogP contribution in [0.1, 0.15) is 15.9 Å². The number of esters is 2. The number of carbonyl (C=O) groups excluding carboxylic acids is 4. The molecule has 11 nitrogen and oxygen atoms in total. The van der Waals surface area contributed by atoms with Gasteiger partial charge < -0.3 is 20.1 Å². The Morgan fingerprint density at radius 3 is 2.45 bits per heavy atom. The minimum absolute atomic E-state index is 0.0847. The van der Waals surface area contributed by atoms with E-state index in [9.17, 15) is 29.3 Å². The summed E-state index contributed by atoms with van der Waals surface area (Å²) in [6.45, 7) is -1.28. The van der Waals surface area contributed by atoms with E-state index in [0.717, 1.165) is 11.6 Å². The lowest BCUT2D eigenvalue weighted by atomic mass is 10.1. The third kappa shape index (κ3) is 7.89. The van der Waals surface area contributed by atoms with Gasteiger partial charge in [0.2, 0.25) is 0 Å². The number of hydrogen-bond donors (Lipinski definition) is 2. The molecule has 2 N–H and O–H groups in total. The molecular weight excluding hydrogens is 458 g/mol. The van der Waals surface area contributed by atoms with Gasteiger partial charge in [0, 0.05) is 18.1 Å². The van der Waals surface area contributed by atoms with E-state index < -0.39 is 53.6 Å². The Morgan fingerprint density at radius 1 is 1.12 bits per heavy atom. The highest BCUT2D eigenvalue weighted by Crippen LogP contribution is 2.24. The van der Waals surface area contributed by atoms with Gasteiger partial charge in [-0.1, -0.05) is 41.9 Å². The van der Waals surface area contributed by atoms with Crippen LogP contribution in [-0.4, -0.2) is 55.0 Å². The summed E-state index contributed by atoms with van der Waals surface area (Å²) in [6.07, 6.45) is 0.177. The highest BCUT2D eigenvalue weighted by atomic mass is 35.5. The van der Waals surface area contributed by atoms with Gasteiger partial charge in [-0.15, -0.1) is 0 Å². The van der Waals surface area contributed by atoms with Crippen LogP contribution in [0, 0.1) is 10.1 Å². The Kier molecular flexibility index (Phi) is 9.30. The van der Waals surface area contributed by atoms with E-state index in [4.69, 9.17) is 16.3 Å². The molecule has 12 heteroatoms. The van der Waals surface area contributed by atoms with Crippen molar-refractivity contribution in [2.24, 2.45) is 0 Å². The van der Waals surface area contributed by atoms with Gasteiger partial charge >= 0.3 is 11.9 Å². The van der Waals surface area contributed by atoms with Crippen LogP contribution < -0.4 is 10.6 Å². The third-order valence-corrected chi connectivity index (χ3v) is 4.59. The summed E-state index contributed by atoms with van der Waals surface area (Å²) in [6, 6.07) is 11.4. The second kappa shape index (κ2) is 12.2. The average Bonchev–Trinajstić information content (AvgIpc) is 2.81. The van der Waals surface area contributed by atoms with Crippen molar-refractivity contribution in [3.63, 3.8) is 0 Å². The number of hydrogen-bond acceptors (Lipinski definition) is 8. The minimum Gasteiger partial charge on any atom is -0.467 e. The number of nitrogens with zero attached hydrogens (tertiary/aromatic N) is 1. The maximum atomic E-state index is 12.1. The Morgan fingerprint density at radius 2 is 1.82 bits per heavy atom. The summed E-state index contributed by atoms with van der Waals surface area (Å²) < 4.78 is 9.48. The maximum Gasteiger partial charge on any atom is 0.328 e. The molecule has 0 aliphatic rings. The monoisotopic (exact) mass is 477 g/mol. The van der Waals surface area contributed by atoms with Crippen molar-refractivity contribution in [2.75, 3.05) is 20.3 Å². The quantitative estimate of drug-likeness (QED) is 0.296. The lowest BCUT2D eigenvalue weighted by Crippen LogP contribution is -2.45. The fraction of sp³-hybridized carbons (Fsp3) is 0.238. The summed E-state index contributed by atoms with van der Waals surface area (Å²) in [5, 5.41) is 15.4. The van der Waals surface area contributed by atoms with E-state index in [1.807, 2.05) is 6.07 Å². The van der Waals surface area contributed by atoms with Gasteiger partial charge in [-0.25, -0.2) is 4.79 Å². The third-order valence-electron chi connectivity index (χ3n) is 4.27. The van der Waals surface area contributed by atoms with Gasteiger partial charge in [0.05, 0.1) is 12.0 Å². The number of rotatable bonds is 10. The predicted molar refractivity (Wildman–Crippen MR) is 115 cm³/mol. The second-order valence-electron chi connectivity index (χ2n) is 6.60. The first kappa shape index (κ1) is 25.3. The molecule has 0 aliphatic heterocycles. The van der Waals surface area contributed by atoms with Crippen molar-refractivity contribution >= 4 is 41.0 Å². The van der Waals surface area contributed by atoms with Gasteiger partial charge in [0.1, 0.15) is 17.6 Å². The first-order valence-electron chi connectivity index (χ1n) is 9.50. The van der Waals surface area contributed by atoms with Gasteiger partial charge in [0.15, 0.2) is 6.61 Å². The first-order valence-corrected chi connectivity index (χ1v) is 9.88. The van der Waals surface area contributed by atoms with E-state index in [1.165, 1.54) is 19.2 Å². The number of halogens is 1. The number of ether oxygens (including phenoxy) is 2. The maximum absolute atomic E-state index is 12.1. The number of nitrogens with one attached hydrogen (secondary N) is 2. The van der Waals surface area contributed by atoms with Crippen LogP contribution in [0.5, 0.6) is 0 Å². The van der Waals surface area contributed by atoms with Crippen LogP contribution in [0.15, 0.2) is 48.5 Å². The van der Waals surface area contributed by atoms with Crippen LogP contribution in [0.25, 0.3) is 0 Å². The summed E-state index contributed by atoms with van der Waals surface area (Å²) in [5.41, 5.74) is 0.244. The van der Waals surface area contributed by atoms with Gasteiger partial charge in [-0.05, 0) is 17.7 Å². The molecule has 0 fully saturated rings. The molecule has 0 radical (unpaired) electrons. The topological polar surface area (TPSA) is 154 Å². The van der Waals surface area contributed by atoms with Crippen LogP contribution in [0.3, 0.4) is 0 Å². The van der Waals surface area contributed by atoms with Crippen molar-refractivity contribution in [3.8, 4) is 0 Å². The fourth-order valence-electron chi connectivity index (χ4n) is 2.67. The van der Waals surface area contributed by atoms with Crippen molar-refractivity contribution < 1.29 is 33.6 Å². The zero-order valence-electron chi connectivity index (χ0n) is 17.4. The molecule has 2 rings (SSSR count). The van der Waals surface area contributed by atoms with Crippen molar-refractivity contribution in [2.45, 2.75) is 12.5 Å². The van der Waals surface area contributed by atoms with Crippen LogP contribution >= 0.6 is 11.6 Å². The largest absolute Gasteiger partial charge is 0.467 e. The number of carbonyl (C=O) groups is 4. The number of nitro groups is 1. The predicted octanol–water partition coefficient (Wildman–Crippen LogP) is 1.42. The SMILES string of the molecule is COC(=O)C(Cc1ccccc1)NC(=O)COC(=O)CNC(=O)c1ccc(Cl)c([N+](=O)[O-])c1. The summed E-state index contributed by atoms with van der Waals surface area (Å²) >= 11 is 5.69. The van der Waals surface area contributed by atoms with E-state index in [2.05, 4.69) is 15.4 Å². The molecule has 174 valence electrons. The molecule has 0 saturated heterocycles. The Balaban J connectivity index is 1.83. The lowest BCUT2D eigenvalue weighted by Gasteiger charge is -2.16. The van der Waals surface area contributed by atoms with E-state index in [-0.39, 0.29) is 17.0 Å². The normalized spacial score (nSPS) is 11.1. The smallest absolute Gasteiger partial charge is 0.328 e. The zero-order valence-corrected chi connectivity index (χ0v) is 18.2. The fourth-order valence-corrected chi connectivity index (χ4v) is 2.85. The van der Waals surface area contributed by atoms with Crippen LogP contribution in [-0.2, 0) is 30.3 Å². The van der Waals surface area contributed by atoms with Crippen LogP contribution in [0.4, 0.5) is 5.69 Å². The highest BCUT2D eigenvalue weighted by molar-refractivity contribution is 6.32. The second-order valence-corrected chi connectivity index (χ2v) is 7.01. The molecule has 2 amide bonds. The van der Waals surface area contributed by atoms with Crippen molar-refractivity contribution in [1.29, 1.82) is 0 Å². The highest BCUT2D eigenvalue weighted by Gasteiger charge is 2.23. The average molecular weight is 478 g/mol. The zero-order chi connectivity index (χ0) is 24.4. The Hall–Kier alpha value is -3.99. The molecule has 2 aromatic carbocycles. The molecule has 0 heterocycles. The van der Waals surface area contributed by atoms with Crippen molar-refractivity contribution in [1.82, 2.24) is 10.6 Å². The Bertz CT molecular complexity index is 1050. The molecule has 1 unspecified atom stereocenters. The molecule has 1 atom stereocenters. The lowest BCUT2D eigenvalue weighted by molar-refractivity contribution is -0.384. The molecule has 0 aromatic heterocycles. The molecule has 33 heavy (non-hydrogen) atoms. The standard InChI is InChI=1S/C21H20ClN3O8/c1-32-21(29)16(9-13-5-3-2-4-6-13)24-18(26)12-33-19(27)11-23-20(28)14-7-8-15(22)17(10-14)25(30)31/h2-8,10,16H,9,11-12H2,1H3,(H,23,28)(H,24,26). The molecule has 2 aromatic rings. The Labute approximate surface area is 193 Å². The first-order chi connectivity index (χ1) is 15.7. The molecule has 0 aliphatic carbocycles. The number of benzene rings is 2. The number of nitro benzene ring substituents is 1. The molecule has 0 bridgehead atoms. The van der Waals surface area contributed by atoms with E-state index in [1.54, 1.807) is 24.3 Å². The molecular formula is C21H20ClN3O8. The minimum atomic E-state index is -0.982. The summed E-state index contributed by atoms with van der Waals surface area (Å²) in [5.74, 6) is -3.11. The van der Waals surface area contributed by atoms with Gasteiger partial charge in [0.25, 0.3) is 17.5 Å². The van der Waals surface area contributed by atoms with E-state index in [0.29, 0.717) is 0 Å².